The normalized spacial score (nSPS) is 33.7. The summed E-state index contributed by atoms with van der Waals surface area (Å²) in [6, 6.07) is 1.04. The maximum atomic E-state index is 13.8. The first kappa shape index (κ1) is 37.2. The summed E-state index contributed by atoms with van der Waals surface area (Å²) in [6.07, 6.45) is 2.36. The van der Waals surface area contributed by atoms with Gasteiger partial charge in [0.05, 0.1) is 41.2 Å². The van der Waals surface area contributed by atoms with Crippen LogP contribution in [0.3, 0.4) is 0 Å². The van der Waals surface area contributed by atoms with Gasteiger partial charge in [0.1, 0.15) is 23.4 Å². The molecule has 5 bridgehead atoms. The number of hydrogen-bond donors (Lipinski definition) is 7. The second-order valence-corrected chi connectivity index (χ2v) is 13.2. The molecule has 13 heteroatoms. The van der Waals surface area contributed by atoms with E-state index in [-0.39, 0.29) is 38.9 Å². The Balaban J connectivity index is 1.85. The van der Waals surface area contributed by atoms with Crippen LogP contribution in [0.5, 0.6) is 23.0 Å². The van der Waals surface area contributed by atoms with Gasteiger partial charge in [-0.25, -0.2) is 0 Å². The van der Waals surface area contributed by atoms with Gasteiger partial charge >= 0.3 is 11.8 Å². The van der Waals surface area contributed by atoms with Crippen molar-refractivity contribution in [3.8, 4) is 23.0 Å². The van der Waals surface area contributed by atoms with E-state index in [1.54, 1.807) is 39.8 Å². The van der Waals surface area contributed by atoms with Crippen LogP contribution in [-0.2, 0) is 19.1 Å². The monoisotopic (exact) mass is 683 g/mol. The number of rotatable bonds is 1. The number of benzene rings is 2. The van der Waals surface area contributed by atoms with E-state index in [1.165, 1.54) is 39.8 Å². The Labute approximate surface area is 284 Å². The summed E-state index contributed by atoms with van der Waals surface area (Å²) in [7, 11) is 0. The van der Waals surface area contributed by atoms with Gasteiger partial charge in [0, 0.05) is 60.1 Å². The summed E-state index contributed by atoms with van der Waals surface area (Å²) < 4.78 is 17.1. The van der Waals surface area contributed by atoms with Crippen molar-refractivity contribution in [2.45, 2.75) is 85.6 Å². The molecule has 1 amide bonds. The lowest BCUT2D eigenvalue weighted by Crippen LogP contribution is -2.46. The number of hydrogen-bond acceptors (Lipinski definition) is 12. The fourth-order valence-electron chi connectivity index (χ4n) is 6.37. The number of nitrogens with one attached hydrogen (secondary N) is 1. The van der Waals surface area contributed by atoms with Crippen LogP contribution < -0.4 is 10.1 Å². The van der Waals surface area contributed by atoms with Crippen LogP contribution in [-0.4, -0.2) is 78.5 Å². The molecule has 0 unspecified atom stereocenters. The lowest BCUT2D eigenvalue weighted by atomic mass is 9.78. The molecule has 3 aliphatic heterocycles. The molecular weight excluding hydrogens is 638 g/mol. The highest BCUT2D eigenvalue weighted by atomic mass is 16.7. The number of allylic oxidation sites excluding steroid dienone is 2. The Morgan fingerprint density at radius 1 is 0.918 bits per heavy atom. The lowest BCUT2D eigenvalue weighted by Gasteiger charge is -2.37. The van der Waals surface area contributed by atoms with Crippen LogP contribution in [0.4, 0.5) is 5.69 Å². The third-order valence-electron chi connectivity index (χ3n) is 9.59. The number of anilines is 1. The minimum absolute atomic E-state index is 0.0491. The average molecular weight is 684 g/mol. The molecule has 49 heavy (non-hydrogen) atoms. The average Bonchev–Trinajstić information content (AvgIpc) is 3.31. The zero-order valence-electron chi connectivity index (χ0n) is 28.7. The quantitative estimate of drug-likeness (QED) is 0.129. The SMILES string of the molecule is CC(=O)O[C@H]1[C@H](C)[C@H](O)[C@H](C)[C@@H](O)[C@@H](C)/C=C\C=C(\C)C(=O)Nc2cc(O)c3c4c(c(C)c(O)c3c2O)O[C@](C)(O/C=C\[C@H](O)[C@H]1C)C4=O. The maximum absolute atomic E-state index is 13.8. The first-order valence-electron chi connectivity index (χ1n) is 16.0. The summed E-state index contributed by atoms with van der Waals surface area (Å²) in [4.78, 5) is 39.0. The number of phenolic OH excluding ortho intramolecular Hbond substituents is 3. The first-order valence-corrected chi connectivity index (χ1v) is 16.0. The highest BCUT2D eigenvalue weighted by Crippen LogP contribution is 2.53. The van der Waals surface area contributed by atoms with Gasteiger partial charge in [-0.05, 0) is 19.9 Å². The van der Waals surface area contributed by atoms with E-state index in [0.29, 0.717) is 0 Å². The number of carbonyl (C=O) groups is 3. The molecular formula is C36H45NO12. The maximum Gasteiger partial charge on any atom is 0.312 e. The van der Waals surface area contributed by atoms with Crippen LogP contribution in [0.1, 0.15) is 64.4 Å². The minimum Gasteiger partial charge on any atom is -0.507 e. The number of fused-ring (bicyclic) bond motifs is 14. The zero-order chi connectivity index (χ0) is 36.7. The number of esters is 1. The van der Waals surface area contributed by atoms with Crippen molar-refractivity contribution < 1.29 is 59.2 Å². The molecule has 266 valence electrons. The van der Waals surface area contributed by atoms with Gasteiger partial charge in [-0.1, -0.05) is 45.9 Å². The van der Waals surface area contributed by atoms with Gasteiger partial charge < -0.3 is 50.2 Å². The summed E-state index contributed by atoms with van der Waals surface area (Å²) >= 11 is 0. The number of Topliss-reactive ketones (excluding diaryl/α,β-unsaturated/α-hetero) is 1. The lowest BCUT2D eigenvalue weighted by molar-refractivity contribution is -0.159. The molecule has 3 heterocycles. The molecule has 0 spiro atoms. The van der Waals surface area contributed by atoms with E-state index in [2.05, 4.69) is 5.32 Å². The van der Waals surface area contributed by atoms with Crippen molar-refractivity contribution in [3.05, 3.63) is 53.3 Å². The summed E-state index contributed by atoms with van der Waals surface area (Å²) in [5.41, 5.74) is -0.184. The predicted octanol–water partition coefficient (Wildman–Crippen LogP) is 4.10. The van der Waals surface area contributed by atoms with Crippen molar-refractivity contribution in [2.24, 2.45) is 23.7 Å². The standard InChI is InChI=1S/C36H45NO12/c1-15-10-9-11-16(2)35(46)37-22-14-24(40)25-26(31(22)44)30(43)20(6)33-27(25)34(45)36(8,49-33)47-13-12-23(39)17(3)32(48-21(7)38)19(5)29(42)18(4)28(15)41/h9-15,17-19,23,28-29,32,39-44H,1-8H3,(H,37,46)/b10-9-,13-12-,16-11-/t15-,17+,18+,19+,23-,28-,29+,32+,36-/m0/s1. The number of aliphatic hydroxyl groups is 3. The molecule has 2 aromatic rings. The highest BCUT2D eigenvalue weighted by molar-refractivity contribution is 6.21. The topological polar surface area (TPSA) is 212 Å². The Bertz CT molecular complexity index is 1750. The summed E-state index contributed by atoms with van der Waals surface area (Å²) in [5, 5.41) is 68.9. The van der Waals surface area contributed by atoms with Crippen molar-refractivity contribution in [3.63, 3.8) is 0 Å². The van der Waals surface area contributed by atoms with Crippen molar-refractivity contribution in [1.82, 2.24) is 0 Å². The van der Waals surface area contributed by atoms with Crippen LogP contribution in [0.15, 0.2) is 42.2 Å². The largest absolute Gasteiger partial charge is 0.507 e. The fraction of sp³-hybridized carbons (Fsp3) is 0.472. The molecule has 9 atom stereocenters. The molecule has 2 aromatic carbocycles. The van der Waals surface area contributed by atoms with Gasteiger partial charge in [-0.3, -0.25) is 14.4 Å². The number of ketones is 1. The van der Waals surface area contributed by atoms with Crippen LogP contribution >= 0.6 is 0 Å². The van der Waals surface area contributed by atoms with Crippen molar-refractivity contribution in [2.75, 3.05) is 5.32 Å². The van der Waals surface area contributed by atoms with Crippen LogP contribution in [0.2, 0.25) is 0 Å². The van der Waals surface area contributed by atoms with E-state index in [1.807, 2.05) is 0 Å². The first-order chi connectivity index (χ1) is 22.8. The van der Waals surface area contributed by atoms with E-state index >= 15 is 0 Å². The van der Waals surface area contributed by atoms with Gasteiger partial charge in [-0.15, -0.1) is 0 Å². The van der Waals surface area contributed by atoms with Gasteiger partial charge in [-0.2, -0.15) is 0 Å². The van der Waals surface area contributed by atoms with Crippen molar-refractivity contribution >= 4 is 34.1 Å². The predicted molar refractivity (Wildman–Crippen MR) is 179 cm³/mol. The van der Waals surface area contributed by atoms with E-state index < -0.39 is 88.8 Å². The molecule has 0 fully saturated rings. The molecule has 0 radical (unpaired) electrons. The molecule has 0 saturated heterocycles. The minimum atomic E-state index is -2.04. The summed E-state index contributed by atoms with van der Waals surface area (Å²) in [5.74, 6) is -8.64. The number of phenols is 3. The second-order valence-electron chi connectivity index (χ2n) is 13.2. The Hall–Kier alpha value is -4.59. The van der Waals surface area contributed by atoms with Crippen molar-refractivity contribution in [1.29, 1.82) is 0 Å². The fourth-order valence-corrected chi connectivity index (χ4v) is 6.37. The van der Waals surface area contributed by atoms with Crippen LogP contribution in [0, 0.1) is 30.6 Å². The number of ether oxygens (including phenoxy) is 3. The second kappa shape index (κ2) is 14.1. The van der Waals surface area contributed by atoms with Gasteiger partial charge in [0.15, 0.2) is 5.75 Å². The summed E-state index contributed by atoms with van der Waals surface area (Å²) in [6.45, 7) is 12.0. The Morgan fingerprint density at radius 2 is 1.57 bits per heavy atom. The molecule has 7 N–H and O–H groups in total. The van der Waals surface area contributed by atoms with Gasteiger partial charge in [0.2, 0.25) is 0 Å². The zero-order valence-corrected chi connectivity index (χ0v) is 28.7. The highest BCUT2D eigenvalue weighted by Gasteiger charge is 2.49. The number of aliphatic hydroxyl groups excluding tert-OH is 3. The van der Waals surface area contributed by atoms with Crippen LogP contribution in [0.25, 0.3) is 10.8 Å². The molecule has 13 nitrogen and oxygen atoms in total. The third-order valence-corrected chi connectivity index (χ3v) is 9.59. The third kappa shape index (κ3) is 6.96. The number of aromatic hydroxyl groups is 3. The van der Waals surface area contributed by atoms with Gasteiger partial charge in [0.25, 0.3) is 11.7 Å². The van der Waals surface area contributed by atoms with E-state index in [0.717, 1.165) is 12.3 Å². The van der Waals surface area contributed by atoms with E-state index in [4.69, 9.17) is 14.2 Å². The Morgan fingerprint density at radius 3 is 2.20 bits per heavy atom. The molecule has 3 aliphatic rings. The molecule has 0 saturated carbocycles. The molecule has 0 aliphatic carbocycles. The number of carbonyl (C=O) groups excluding carboxylic acids is 3. The number of amides is 1. The smallest absolute Gasteiger partial charge is 0.312 e. The van der Waals surface area contributed by atoms with E-state index in [9.17, 15) is 45.0 Å². The molecule has 5 rings (SSSR count). The Kier molecular flexibility index (Phi) is 10.7. The molecule has 0 aromatic heterocycles.